The predicted molar refractivity (Wildman–Crippen MR) is 56.5 cm³/mol. The van der Waals surface area contributed by atoms with Gasteiger partial charge in [0.2, 0.25) is 0 Å². The summed E-state index contributed by atoms with van der Waals surface area (Å²) in [5, 5.41) is 16.6. The molecule has 0 unspecified atom stereocenters. The Kier molecular flexibility index (Phi) is 2.55. The van der Waals surface area contributed by atoms with E-state index in [1.807, 2.05) is 15.7 Å². The molecule has 0 radical (unpaired) electrons. The van der Waals surface area contributed by atoms with Crippen molar-refractivity contribution in [1.29, 1.82) is 5.41 Å². The van der Waals surface area contributed by atoms with Gasteiger partial charge in [-0.15, -0.1) is 0 Å². The molecule has 0 spiro atoms. The molecule has 0 aliphatic carbocycles. The average Bonchev–Trinajstić information content (AvgIpc) is 2.69. The molecule has 2 heterocycles. The normalized spacial score (nSPS) is 14.9. The maximum Gasteiger partial charge on any atom is 0.128 e. The van der Waals surface area contributed by atoms with Crippen molar-refractivity contribution in [1.82, 2.24) is 14.5 Å². The third-order valence-electron chi connectivity index (χ3n) is 2.55. The van der Waals surface area contributed by atoms with Gasteiger partial charge in [-0.2, -0.15) is 0 Å². The molecule has 0 atom stereocenters. The Bertz CT molecular complexity index is 396. The second kappa shape index (κ2) is 3.86. The number of aliphatic hydroxyl groups is 1. The first-order valence-electron chi connectivity index (χ1n) is 4.86. The molecule has 0 saturated heterocycles. The van der Waals surface area contributed by atoms with Crippen molar-refractivity contribution in [2.24, 2.45) is 0 Å². The van der Waals surface area contributed by atoms with Crippen LogP contribution in [0.4, 0.5) is 0 Å². The summed E-state index contributed by atoms with van der Waals surface area (Å²) in [6.45, 7) is 5.76. The minimum atomic E-state index is -0.0289. The molecule has 80 valence electrons. The number of fused-ring (bicyclic) bond motifs is 1. The number of nitrogens with zero attached hydrogens (tertiary/aromatic N) is 3. The molecule has 2 N–H and O–H groups in total. The van der Waals surface area contributed by atoms with Gasteiger partial charge in [0, 0.05) is 19.3 Å². The largest absolute Gasteiger partial charge is 0.390 e. The van der Waals surface area contributed by atoms with Gasteiger partial charge in [0.05, 0.1) is 18.8 Å². The summed E-state index contributed by atoms with van der Waals surface area (Å²) in [5.41, 5.74) is 0.692. The molecule has 0 aromatic carbocycles. The number of hydrogen-bond donors (Lipinski definition) is 2. The van der Waals surface area contributed by atoms with E-state index in [1.165, 1.54) is 6.08 Å². The minimum Gasteiger partial charge on any atom is -0.390 e. The number of rotatable bonds is 2. The number of hydrogen-bond acceptors (Lipinski definition) is 3. The summed E-state index contributed by atoms with van der Waals surface area (Å²) in [6, 6.07) is 0. The van der Waals surface area contributed by atoms with E-state index < -0.39 is 0 Å². The van der Waals surface area contributed by atoms with Crippen molar-refractivity contribution in [2.75, 3.05) is 6.54 Å². The van der Waals surface area contributed by atoms with Crippen molar-refractivity contribution >= 4 is 5.84 Å². The van der Waals surface area contributed by atoms with Gasteiger partial charge in [-0.25, -0.2) is 4.98 Å². The van der Waals surface area contributed by atoms with Crippen LogP contribution in [-0.2, 0) is 19.7 Å². The molecule has 5 nitrogen and oxygen atoms in total. The van der Waals surface area contributed by atoms with Crippen LogP contribution in [0.5, 0.6) is 0 Å². The zero-order chi connectivity index (χ0) is 10.8. The van der Waals surface area contributed by atoms with Gasteiger partial charge in [-0.05, 0) is 6.08 Å². The van der Waals surface area contributed by atoms with Crippen LogP contribution >= 0.6 is 0 Å². The lowest BCUT2D eigenvalue weighted by molar-refractivity contribution is 0.277. The lowest BCUT2D eigenvalue weighted by Gasteiger charge is -2.28. The fourth-order valence-corrected chi connectivity index (χ4v) is 1.72. The fourth-order valence-electron chi connectivity index (χ4n) is 1.72. The lowest BCUT2D eigenvalue weighted by atomic mass is 10.3. The fraction of sp³-hybridized carbons (Fsp3) is 0.400. The van der Waals surface area contributed by atoms with E-state index >= 15 is 0 Å². The first-order valence-corrected chi connectivity index (χ1v) is 4.86. The minimum absolute atomic E-state index is 0.0289. The smallest absolute Gasteiger partial charge is 0.128 e. The summed E-state index contributed by atoms with van der Waals surface area (Å²) in [5.74, 6) is 1.33. The molecule has 15 heavy (non-hydrogen) atoms. The van der Waals surface area contributed by atoms with Crippen molar-refractivity contribution in [3.63, 3.8) is 0 Å². The van der Waals surface area contributed by atoms with Gasteiger partial charge in [0.25, 0.3) is 0 Å². The summed E-state index contributed by atoms with van der Waals surface area (Å²) in [4.78, 5) is 6.19. The highest BCUT2D eigenvalue weighted by atomic mass is 16.3. The van der Waals surface area contributed by atoms with Crippen molar-refractivity contribution < 1.29 is 5.11 Å². The Morgan fingerprint density at radius 2 is 2.47 bits per heavy atom. The molecule has 1 aliphatic rings. The second-order valence-electron chi connectivity index (χ2n) is 3.51. The summed E-state index contributed by atoms with van der Waals surface area (Å²) in [6.07, 6.45) is 3.40. The highest BCUT2D eigenvalue weighted by Crippen LogP contribution is 2.13. The SMILES string of the molecule is C=CC(=N)N1CCn2cc(CO)nc2C1. The van der Waals surface area contributed by atoms with E-state index in [0.29, 0.717) is 18.1 Å². The molecule has 0 saturated carbocycles. The summed E-state index contributed by atoms with van der Waals surface area (Å²) >= 11 is 0. The van der Waals surface area contributed by atoms with E-state index in [0.717, 1.165) is 18.9 Å². The molecule has 5 heteroatoms. The van der Waals surface area contributed by atoms with Crippen molar-refractivity contribution in [3.8, 4) is 0 Å². The zero-order valence-electron chi connectivity index (χ0n) is 8.48. The Balaban J connectivity index is 2.18. The van der Waals surface area contributed by atoms with Gasteiger partial charge in [0.1, 0.15) is 11.7 Å². The van der Waals surface area contributed by atoms with Crippen LogP contribution in [0, 0.1) is 5.41 Å². The van der Waals surface area contributed by atoms with E-state index in [9.17, 15) is 0 Å². The Labute approximate surface area is 88.2 Å². The Hall–Kier alpha value is -1.62. The molecule has 1 aromatic heterocycles. The molecule has 0 amide bonds. The molecule has 2 rings (SSSR count). The highest BCUT2D eigenvalue weighted by Gasteiger charge is 2.18. The molecular weight excluding hydrogens is 192 g/mol. The first kappa shape index (κ1) is 9.92. The van der Waals surface area contributed by atoms with E-state index in [4.69, 9.17) is 10.5 Å². The van der Waals surface area contributed by atoms with Crippen LogP contribution in [0.1, 0.15) is 11.5 Å². The van der Waals surface area contributed by atoms with Crippen LogP contribution in [0.2, 0.25) is 0 Å². The average molecular weight is 206 g/mol. The van der Waals surface area contributed by atoms with Crippen molar-refractivity contribution in [3.05, 3.63) is 30.4 Å². The standard InChI is InChI=1S/C10H14N4O/c1-2-9(11)13-3-4-14-5-8(7-15)12-10(14)6-13/h2,5,11,15H,1,3-4,6-7H2. The van der Waals surface area contributed by atoms with Crippen LogP contribution in [0.15, 0.2) is 18.9 Å². The lowest BCUT2D eigenvalue weighted by Crippen LogP contribution is -2.36. The Morgan fingerprint density at radius 3 is 3.13 bits per heavy atom. The van der Waals surface area contributed by atoms with Crippen LogP contribution in [0.25, 0.3) is 0 Å². The molecule has 1 aromatic rings. The van der Waals surface area contributed by atoms with Gasteiger partial charge < -0.3 is 14.6 Å². The zero-order valence-corrected chi connectivity index (χ0v) is 8.48. The second-order valence-corrected chi connectivity index (χ2v) is 3.51. The third-order valence-corrected chi connectivity index (χ3v) is 2.55. The molecular formula is C10H14N4O. The van der Waals surface area contributed by atoms with Gasteiger partial charge >= 0.3 is 0 Å². The number of aliphatic hydroxyl groups excluding tert-OH is 1. The summed E-state index contributed by atoms with van der Waals surface area (Å²) < 4.78 is 2.03. The van der Waals surface area contributed by atoms with Crippen LogP contribution < -0.4 is 0 Å². The topological polar surface area (TPSA) is 65.1 Å². The molecule has 0 fully saturated rings. The maximum atomic E-state index is 8.96. The predicted octanol–water partition coefficient (Wildman–Crippen LogP) is 0.354. The molecule has 0 bridgehead atoms. The van der Waals surface area contributed by atoms with E-state index in [1.54, 1.807) is 0 Å². The van der Waals surface area contributed by atoms with E-state index in [-0.39, 0.29) is 6.61 Å². The first-order chi connectivity index (χ1) is 7.24. The van der Waals surface area contributed by atoms with E-state index in [2.05, 4.69) is 11.6 Å². The van der Waals surface area contributed by atoms with Crippen molar-refractivity contribution in [2.45, 2.75) is 19.7 Å². The van der Waals surface area contributed by atoms with Gasteiger partial charge in [-0.3, -0.25) is 5.41 Å². The number of nitrogens with one attached hydrogen (secondary N) is 1. The summed E-state index contributed by atoms with van der Waals surface area (Å²) in [7, 11) is 0. The van der Waals surface area contributed by atoms with Crippen LogP contribution in [0.3, 0.4) is 0 Å². The maximum absolute atomic E-state index is 8.96. The quantitative estimate of drug-likeness (QED) is 0.542. The van der Waals surface area contributed by atoms with Crippen LogP contribution in [-0.4, -0.2) is 31.9 Å². The Morgan fingerprint density at radius 1 is 1.67 bits per heavy atom. The third kappa shape index (κ3) is 1.78. The monoisotopic (exact) mass is 206 g/mol. The highest BCUT2D eigenvalue weighted by molar-refractivity contribution is 5.89. The number of amidine groups is 1. The number of imidazole rings is 1. The van der Waals surface area contributed by atoms with Gasteiger partial charge in [-0.1, -0.05) is 6.58 Å². The number of aromatic nitrogens is 2. The van der Waals surface area contributed by atoms with Gasteiger partial charge in [0.15, 0.2) is 0 Å². The molecule has 1 aliphatic heterocycles.